The van der Waals surface area contributed by atoms with E-state index < -0.39 is 5.97 Å². The first-order valence-electron chi connectivity index (χ1n) is 6.22. The van der Waals surface area contributed by atoms with Crippen LogP contribution in [-0.2, 0) is 13.0 Å². The maximum absolute atomic E-state index is 11.0. The van der Waals surface area contributed by atoms with E-state index in [1.807, 2.05) is 37.7 Å². The Bertz CT molecular complexity index is 585. The number of hydrogen-bond donors (Lipinski definition) is 1. The highest BCUT2D eigenvalue weighted by atomic mass is 16.4. The zero-order chi connectivity index (χ0) is 14.0. The Hall–Kier alpha value is -2.18. The third-order valence-electron chi connectivity index (χ3n) is 2.88. The Balaban J connectivity index is 2.25. The van der Waals surface area contributed by atoms with E-state index in [-0.39, 0.29) is 5.69 Å². The van der Waals surface area contributed by atoms with Gasteiger partial charge in [-0.25, -0.2) is 9.48 Å². The molecule has 0 bridgehead atoms. The van der Waals surface area contributed by atoms with Gasteiger partial charge in [0.1, 0.15) is 0 Å². The van der Waals surface area contributed by atoms with Gasteiger partial charge in [-0.3, -0.25) is 4.68 Å². The molecule has 0 saturated carbocycles. The van der Waals surface area contributed by atoms with Crippen LogP contribution in [0.5, 0.6) is 0 Å². The molecule has 0 radical (unpaired) electrons. The van der Waals surface area contributed by atoms with Gasteiger partial charge in [-0.2, -0.15) is 5.10 Å². The lowest BCUT2D eigenvalue weighted by atomic mass is 10.2. The Morgan fingerprint density at radius 1 is 1.47 bits per heavy atom. The molecule has 2 heterocycles. The van der Waals surface area contributed by atoms with E-state index in [9.17, 15) is 4.79 Å². The van der Waals surface area contributed by atoms with Crippen molar-refractivity contribution in [1.82, 2.24) is 24.8 Å². The van der Waals surface area contributed by atoms with E-state index in [1.165, 1.54) is 0 Å². The molecule has 0 aliphatic rings. The summed E-state index contributed by atoms with van der Waals surface area (Å²) in [6, 6.07) is 2.20. The summed E-state index contributed by atoms with van der Waals surface area (Å²) in [5.74, 6) is -1.05. The van der Waals surface area contributed by atoms with Crippen LogP contribution in [0.4, 0.5) is 0 Å². The highest BCUT2D eigenvalue weighted by molar-refractivity contribution is 5.86. The topological polar surface area (TPSA) is 85.8 Å². The van der Waals surface area contributed by atoms with Crippen LogP contribution >= 0.6 is 0 Å². The van der Waals surface area contributed by atoms with Crippen molar-refractivity contribution in [2.45, 2.75) is 39.8 Å². The smallest absolute Gasteiger partial charge is 0.358 e. The lowest BCUT2D eigenvalue weighted by molar-refractivity contribution is 0.0689. The molecule has 2 aromatic rings. The highest BCUT2D eigenvalue weighted by Gasteiger charge is 2.17. The van der Waals surface area contributed by atoms with Crippen molar-refractivity contribution in [3.63, 3.8) is 0 Å². The molecule has 7 nitrogen and oxygen atoms in total. The van der Waals surface area contributed by atoms with E-state index in [0.29, 0.717) is 24.7 Å². The summed E-state index contributed by atoms with van der Waals surface area (Å²) in [6.07, 6.45) is 2.47. The molecule has 1 N–H and O–H groups in total. The summed E-state index contributed by atoms with van der Waals surface area (Å²) in [6.45, 7) is 6.41. The van der Waals surface area contributed by atoms with Gasteiger partial charge in [0.15, 0.2) is 5.69 Å². The fourth-order valence-corrected chi connectivity index (χ4v) is 1.88. The van der Waals surface area contributed by atoms with Gasteiger partial charge in [0.25, 0.3) is 0 Å². The summed E-state index contributed by atoms with van der Waals surface area (Å²) >= 11 is 0. The van der Waals surface area contributed by atoms with Crippen LogP contribution in [0.3, 0.4) is 0 Å². The number of aromatic carboxylic acids is 1. The first-order valence-corrected chi connectivity index (χ1v) is 6.22. The summed E-state index contributed by atoms with van der Waals surface area (Å²) < 4.78 is 3.45. The van der Waals surface area contributed by atoms with Crippen LogP contribution in [0.25, 0.3) is 0 Å². The van der Waals surface area contributed by atoms with Gasteiger partial charge in [-0.05, 0) is 26.3 Å². The number of nitrogens with zero attached hydrogens (tertiary/aromatic N) is 5. The highest BCUT2D eigenvalue weighted by Crippen LogP contribution is 2.10. The van der Waals surface area contributed by atoms with Gasteiger partial charge in [0, 0.05) is 12.2 Å². The van der Waals surface area contributed by atoms with Crippen molar-refractivity contribution in [3.05, 3.63) is 29.3 Å². The monoisotopic (exact) mass is 263 g/mol. The van der Waals surface area contributed by atoms with Gasteiger partial charge in [0.2, 0.25) is 0 Å². The van der Waals surface area contributed by atoms with Gasteiger partial charge in [-0.1, -0.05) is 12.1 Å². The molecule has 0 fully saturated rings. The third kappa shape index (κ3) is 2.64. The van der Waals surface area contributed by atoms with Crippen LogP contribution in [0.2, 0.25) is 0 Å². The molecule has 19 heavy (non-hydrogen) atoms. The predicted molar refractivity (Wildman–Crippen MR) is 68.1 cm³/mol. The number of carbonyl (C=O) groups is 1. The van der Waals surface area contributed by atoms with E-state index in [2.05, 4.69) is 15.4 Å². The molecule has 102 valence electrons. The molecule has 7 heteroatoms. The molecule has 0 aromatic carbocycles. The van der Waals surface area contributed by atoms with Crippen molar-refractivity contribution in [3.8, 4) is 0 Å². The van der Waals surface area contributed by atoms with Crippen molar-refractivity contribution in [2.75, 3.05) is 0 Å². The SMILES string of the molecule is CCc1c(C(=O)O)nnn1Cc1ccn(C(C)C)n1. The number of aromatic nitrogens is 5. The Morgan fingerprint density at radius 2 is 2.21 bits per heavy atom. The first-order chi connectivity index (χ1) is 9.02. The maximum atomic E-state index is 11.0. The van der Waals surface area contributed by atoms with Crippen molar-refractivity contribution < 1.29 is 9.90 Å². The van der Waals surface area contributed by atoms with Crippen LogP contribution in [-0.4, -0.2) is 35.9 Å². The minimum absolute atomic E-state index is 0.0193. The first kappa shape index (κ1) is 13.3. The van der Waals surface area contributed by atoms with E-state index in [4.69, 9.17) is 5.11 Å². The second-order valence-corrected chi connectivity index (χ2v) is 4.58. The molecule has 2 rings (SSSR count). The van der Waals surface area contributed by atoms with Crippen LogP contribution in [0.15, 0.2) is 12.3 Å². The zero-order valence-corrected chi connectivity index (χ0v) is 11.2. The van der Waals surface area contributed by atoms with Gasteiger partial charge in [-0.15, -0.1) is 5.10 Å². The quantitative estimate of drug-likeness (QED) is 0.880. The second-order valence-electron chi connectivity index (χ2n) is 4.58. The lowest BCUT2D eigenvalue weighted by Crippen LogP contribution is -2.10. The standard InChI is InChI=1S/C12H17N5O2/c1-4-10-11(12(18)19)13-15-17(10)7-9-5-6-16(14-9)8(2)3/h5-6,8H,4,7H2,1-3H3,(H,18,19). The number of carboxylic acid groups (broad SMARTS) is 1. The number of carboxylic acids is 1. The molecule has 0 saturated heterocycles. The lowest BCUT2D eigenvalue weighted by Gasteiger charge is -2.05. The summed E-state index contributed by atoms with van der Waals surface area (Å²) in [5, 5.41) is 21.0. The normalized spacial score (nSPS) is 11.2. The summed E-state index contributed by atoms with van der Waals surface area (Å²) in [5.41, 5.74) is 1.47. The third-order valence-corrected chi connectivity index (χ3v) is 2.88. The molecule has 0 spiro atoms. The molecular weight excluding hydrogens is 246 g/mol. The molecule has 0 aliphatic heterocycles. The van der Waals surface area contributed by atoms with Crippen LogP contribution in [0, 0.1) is 0 Å². The van der Waals surface area contributed by atoms with Gasteiger partial charge < -0.3 is 5.11 Å². The van der Waals surface area contributed by atoms with E-state index in [0.717, 1.165) is 5.69 Å². The Morgan fingerprint density at radius 3 is 2.74 bits per heavy atom. The molecule has 0 amide bonds. The van der Waals surface area contributed by atoms with Crippen molar-refractivity contribution in [1.29, 1.82) is 0 Å². The second kappa shape index (κ2) is 5.21. The predicted octanol–water partition coefficient (Wildman–Crippen LogP) is 1.36. The summed E-state index contributed by atoms with van der Waals surface area (Å²) in [4.78, 5) is 11.0. The van der Waals surface area contributed by atoms with Gasteiger partial charge >= 0.3 is 5.97 Å². The van der Waals surface area contributed by atoms with E-state index >= 15 is 0 Å². The number of rotatable bonds is 5. The fourth-order valence-electron chi connectivity index (χ4n) is 1.88. The minimum Gasteiger partial charge on any atom is -0.476 e. The average Bonchev–Trinajstić information content (AvgIpc) is 2.95. The molecular formula is C12H17N5O2. The fraction of sp³-hybridized carbons (Fsp3) is 0.500. The summed E-state index contributed by atoms with van der Waals surface area (Å²) in [7, 11) is 0. The largest absolute Gasteiger partial charge is 0.476 e. The zero-order valence-electron chi connectivity index (χ0n) is 11.2. The Labute approximate surface area is 110 Å². The Kier molecular flexibility index (Phi) is 3.64. The maximum Gasteiger partial charge on any atom is 0.358 e. The van der Waals surface area contributed by atoms with Crippen LogP contribution < -0.4 is 0 Å². The van der Waals surface area contributed by atoms with Gasteiger partial charge in [0.05, 0.1) is 17.9 Å². The number of hydrogen-bond acceptors (Lipinski definition) is 4. The molecule has 2 aromatic heterocycles. The van der Waals surface area contributed by atoms with E-state index in [1.54, 1.807) is 4.68 Å². The van der Waals surface area contributed by atoms with Crippen molar-refractivity contribution >= 4 is 5.97 Å². The minimum atomic E-state index is -1.05. The average molecular weight is 263 g/mol. The van der Waals surface area contributed by atoms with Crippen molar-refractivity contribution in [2.24, 2.45) is 0 Å². The molecule has 0 atom stereocenters. The molecule has 0 unspecified atom stereocenters. The van der Waals surface area contributed by atoms with Crippen LogP contribution in [0.1, 0.15) is 48.7 Å². The molecule has 0 aliphatic carbocycles.